The van der Waals surface area contributed by atoms with Crippen LogP contribution in [-0.2, 0) is 21.4 Å². The zero-order chi connectivity index (χ0) is 29.1. The van der Waals surface area contributed by atoms with E-state index < -0.39 is 10.0 Å². The lowest BCUT2D eigenvalue weighted by Crippen LogP contribution is -2.24. The number of thioether (sulfide) groups is 1. The van der Waals surface area contributed by atoms with E-state index in [0.29, 0.717) is 29.8 Å². The second-order valence-electron chi connectivity index (χ2n) is 9.25. The molecule has 9 nitrogen and oxygen atoms in total. The Labute approximate surface area is 259 Å². The van der Waals surface area contributed by atoms with E-state index >= 15 is 0 Å². The maximum absolute atomic E-state index is 12.8. The highest BCUT2D eigenvalue weighted by molar-refractivity contribution is 14.1. The van der Waals surface area contributed by atoms with Gasteiger partial charge in [-0.05, 0) is 89.7 Å². The topological polar surface area (TPSA) is 118 Å². The summed E-state index contributed by atoms with van der Waals surface area (Å²) >= 11 is 3.55. The van der Waals surface area contributed by atoms with Gasteiger partial charge in [-0.25, -0.2) is 13.1 Å². The fourth-order valence-corrected chi connectivity index (χ4v) is 6.18. The average Bonchev–Trinajstić information content (AvgIpc) is 3.39. The molecule has 41 heavy (non-hydrogen) atoms. The number of para-hydroxylation sites is 1. The quantitative estimate of drug-likeness (QED) is 0.0781. The second-order valence-corrected chi connectivity index (χ2v) is 13.2. The third-order valence-electron chi connectivity index (χ3n) is 6.11. The van der Waals surface area contributed by atoms with Gasteiger partial charge >= 0.3 is 0 Å². The number of sulfonamides is 1. The highest BCUT2D eigenvalue weighted by atomic mass is 127. The lowest BCUT2D eigenvalue weighted by atomic mass is 10.2. The molecule has 0 radical (unpaired) electrons. The highest BCUT2D eigenvalue weighted by Gasteiger charge is 2.17. The van der Waals surface area contributed by atoms with Crippen molar-refractivity contribution in [2.45, 2.75) is 49.2 Å². The minimum Gasteiger partial charge on any atom is -0.378 e. The molecule has 4 rings (SSSR count). The first-order chi connectivity index (χ1) is 19.9. The van der Waals surface area contributed by atoms with Crippen LogP contribution in [0.2, 0.25) is 0 Å². The number of nitrogens with zero attached hydrogens (tertiary/aromatic N) is 3. The summed E-state index contributed by atoms with van der Waals surface area (Å²) in [5.74, 6) is 0.587. The summed E-state index contributed by atoms with van der Waals surface area (Å²) in [6.07, 6.45) is 3.99. The standard InChI is InChI=1S/C29H33IN6O3S2/c1-2-3-4-8-19-32-41(38,39)26-17-15-24(16-18-26)33-28(37)21-40-29-35-34-27(36(29)25-9-6-5-7-10-25)20-31-23-13-11-22(30)12-14-23/h5-7,9-18,31-32H,2-4,8,19-21H2,1H3,(H,33,37). The molecule has 0 saturated carbocycles. The number of benzene rings is 3. The van der Waals surface area contributed by atoms with Crippen LogP contribution in [0, 0.1) is 3.57 Å². The summed E-state index contributed by atoms with van der Waals surface area (Å²) in [6, 6.07) is 24.0. The van der Waals surface area contributed by atoms with Gasteiger partial charge < -0.3 is 10.6 Å². The molecule has 0 bridgehead atoms. The number of rotatable bonds is 15. The first-order valence-electron chi connectivity index (χ1n) is 13.4. The molecule has 0 saturated heterocycles. The van der Waals surface area contributed by atoms with E-state index in [4.69, 9.17) is 0 Å². The van der Waals surface area contributed by atoms with Crippen LogP contribution in [0.15, 0.2) is 88.9 Å². The number of hydrogen-bond acceptors (Lipinski definition) is 7. The molecule has 0 spiro atoms. The first-order valence-corrected chi connectivity index (χ1v) is 16.9. The number of aromatic nitrogens is 3. The summed E-state index contributed by atoms with van der Waals surface area (Å²) in [4.78, 5) is 12.9. The molecule has 3 aromatic carbocycles. The number of hydrogen-bond donors (Lipinski definition) is 3. The van der Waals surface area contributed by atoms with Crippen LogP contribution in [0.1, 0.15) is 38.4 Å². The Morgan fingerprint density at radius 1 is 0.902 bits per heavy atom. The molecule has 216 valence electrons. The molecule has 0 unspecified atom stereocenters. The van der Waals surface area contributed by atoms with E-state index in [1.54, 1.807) is 12.1 Å². The van der Waals surface area contributed by atoms with Gasteiger partial charge in [-0.2, -0.15) is 0 Å². The maximum Gasteiger partial charge on any atom is 0.240 e. The Morgan fingerprint density at radius 2 is 1.61 bits per heavy atom. The Kier molecular flexibility index (Phi) is 11.6. The summed E-state index contributed by atoms with van der Waals surface area (Å²) in [6.45, 7) is 2.98. The van der Waals surface area contributed by atoms with E-state index in [1.807, 2.05) is 59.2 Å². The van der Waals surface area contributed by atoms with Crippen molar-refractivity contribution in [1.82, 2.24) is 19.5 Å². The largest absolute Gasteiger partial charge is 0.378 e. The number of carbonyl (C=O) groups excluding carboxylic acids is 1. The molecule has 1 amide bonds. The zero-order valence-electron chi connectivity index (χ0n) is 22.7. The van der Waals surface area contributed by atoms with E-state index in [-0.39, 0.29) is 16.6 Å². The van der Waals surface area contributed by atoms with Gasteiger partial charge in [-0.1, -0.05) is 56.1 Å². The van der Waals surface area contributed by atoms with Gasteiger partial charge in [-0.3, -0.25) is 9.36 Å². The van der Waals surface area contributed by atoms with Crippen molar-refractivity contribution in [2.75, 3.05) is 22.9 Å². The van der Waals surface area contributed by atoms with Crippen molar-refractivity contribution in [1.29, 1.82) is 0 Å². The van der Waals surface area contributed by atoms with E-state index in [1.165, 1.54) is 23.9 Å². The molecule has 0 aliphatic rings. The molecular formula is C29H33IN6O3S2. The number of carbonyl (C=O) groups is 1. The zero-order valence-corrected chi connectivity index (χ0v) is 26.5. The molecule has 0 aliphatic heterocycles. The van der Waals surface area contributed by atoms with Crippen LogP contribution < -0.4 is 15.4 Å². The van der Waals surface area contributed by atoms with Crippen molar-refractivity contribution in [3.05, 3.63) is 88.3 Å². The monoisotopic (exact) mass is 704 g/mol. The van der Waals surface area contributed by atoms with Crippen LogP contribution in [0.3, 0.4) is 0 Å². The lowest BCUT2D eigenvalue weighted by Gasteiger charge is -2.12. The molecule has 1 heterocycles. The van der Waals surface area contributed by atoms with Gasteiger partial charge in [0.05, 0.1) is 17.2 Å². The maximum atomic E-state index is 12.8. The van der Waals surface area contributed by atoms with E-state index in [2.05, 4.69) is 55.1 Å². The summed E-state index contributed by atoms with van der Waals surface area (Å²) in [7, 11) is -3.58. The molecule has 3 N–H and O–H groups in total. The average molecular weight is 705 g/mol. The van der Waals surface area contributed by atoms with Gasteiger partial charge in [-0.15, -0.1) is 10.2 Å². The summed E-state index contributed by atoms with van der Waals surface area (Å²) in [5.41, 5.74) is 2.39. The summed E-state index contributed by atoms with van der Waals surface area (Å²) < 4.78 is 30.8. The van der Waals surface area contributed by atoms with Crippen LogP contribution in [0.5, 0.6) is 0 Å². The number of anilines is 2. The molecule has 0 fully saturated rings. The van der Waals surface area contributed by atoms with Crippen molar-refractivity contribution in [2.24, 2.45) is 0 Å². The van der Waals surface area contributed by atoms with Gasteiger partial charge in [0.15, 0.2) is 11.0 Å². The van der Waals surface area contributed by atoms with Gasteiger partial charge in [0.1, 0.15) is 0 Å². The Hall–Kier alpha value is -2.94. The van der Waals surface area contributed by atoms with E-state index in [0.717, 1.165) is 40.6 Å². The minimum atomic E-state index is -3.58. The van der Waals surface area contributed by atoms with Crippen LogP contribution in [-0.4, -0.2) is 41.4 Å². The predicted molar refractivity (Wildman–Crippen MR) is 173 cm³/mol. The molecule has 4 aromatic rings. The Balaban J connectivity index is 1.36. The number of halogens is 1. The molecule has 0 aliphatic carbocycles. The Morgan fingerprint density at radius 3 is 2.32 bits per heavy atom. The third kappa shape index (κ3) is 9.28. The second kappa shape index (κ2) is 15.3. The molecule has 12 heteroatoms. The van der Waals surface area contributed by atoms with Crippen molar-refractivity contribution in [3.63, 3.8) is 0 Å². The van der Waals surface area contributed by atoms with Gasteiger partial charge in [0.25, 0.3) is 0 Å². The first kappa shape index (κ1) is 31.0. The SMILES string of the molecule is CCCCCCNS(=O)(=O)c1ccc(NC(=O)CSc2nnc(CNc3ccc(I)cc3)n2-c2ccccc2)cc1. The van der Waals surface area contributed by atoms with Gasteiger partial charge in [0.2, 0.25) is 15.9 Å². The van der Waals surface area contributed by atoms with Crippen LogP contribution in [0.25, 0.3) is 5.69 Å². The van der Waals surface area contributed by atoms with Crippen LogP contribution >= 0.6 is 34.4 Å². The Bertz CT molecular complexity index is 1510. The highest BCUT2D eigenvalue weighted by Crippen LogP contribution is 2.23. The predicted octanol–water partition coefficient (Wildman–Crippen LogP) is 6.07. The fraction of sp³-hybridized carbons (Fsp3) is 0.276. The van der Waals surface area contributed by atoms with Gasteiger partial charge in [0, 0.05) is 27.2 Å². The molecule has 1 aromatic heterocycles. The van der Waals surface area contributed by atoms with Crippen molar-refractivity contribution < 1.29 is 13.2 Å². The number of amides is 1. The van der Waals surface area contributed by atoms with Crippen molar-refractivity contribution in [3.8, 4) is 5.69 Å². The lowest BCUT2D eigenvalue weighted by molar-refractivity contribution is -0.113. The number of nitrogens with one attached hydrogen (secondary N) is 3. The van der Waals surface area contributed by atoms with E-state index in [9.17, 15) is 13.2 Å². The normalized spacial score (nSPS) is 11.4. The smallest absolute Gasteiger partial charge is 0.240 e. The number of unbranched alkanes of at least 4 members (excludes halogenated alkanes) is 3. The minimum absolute atomic E-state index is 0.106. The summed E-state index contributed by atoms with van der Waals surface area (Å²) in [5, 5.41) is 15.6. The molecular weight excluding hydrogens is 671 g/mol. The van der Waals surface area contributed by atoms with Crippen LogP contribution in [0.4, 0.5) is 11.4 Å². The third-order valence-corrected chi connectivity index (χ3v) is 9.24. The molecule has 0 atom stereocenters. The fourth-order valence-electron chi connectivity index (χ4n) is 3.98. The van der Waals surface area contributed by atoms with Crippen molar-refractivity contribution >= 4 is 61.7 Å².